The Balaban J connectivity index is 1.55. The molecule has 0 radical (unpaired) electrons. The minimum atomic E-state index is -4.60. The first-order chi connectivity index (χ1) is 18.7. The maximum Gasteiger partial charge on any atom is 0.416 e. The molecule has 196 valence electrons. The Morgan fingerprint density at radius 3 is 2.15 bits per heavy atom. The van der Waals surface area contributed by atoms with Crippen LogP contribution in [-0.2, 0) is 17.5 Å². The summed E-state index contributed by atoms with van der Waals surface area (Å²) in [6, 6.07) is 22.3. The molecule has 0 aliphatic carbocycles. The Kier molecular flexibility index (Phi) is 7.72. The van der Waals surface area contributed by atoms with E-state index in [9.17, 15) is 32.8 Å². The molecule has 9 nitrogen and oxygen atoms in total. The Morgan fingerprint density at radius 1 is 0.897 bits per heavy atom. The zero-order valence-corrected chi connectivity index (χ0v) is 20.0. The van der Waals surface area contributed by atoms with Crippen molar-refractivity contribution in [3.05, 3.63) is 106 Å². The van der Waals surface area contributed by atoms with E-state index >= 15 is 0 Å². The SMILES string of the molecule is N#Cc1c(-c2ccccc2)c(-c2ccccc2)nn(CC(=O)NNC(=O)Nc2cccc(C(F)(F)F)c2)c1=O. The smallest absolute Gasteiger partial charge is 0.307 e. The molecule has 0 fully saturated rings. The molecule has 4 aromatic rings. The highest BCUT2D eigenvalue weighted by molar-refractivity contribution is 5.91. The molecule has 3 amide bonds. The van der Waals surface area contributed by atoms with Crippen LogP contribution >= 0.6 is 0 Å². The summed E-state index contributed by atoms with van der Waals surface area (Å²) in [5.74, 6) is -0.876. The largest absolute Gasteiger partial charge is 0.416 e. The van der Waals surface area contributed by atoms with Crippen LogP contribution in [0.2, 0.25) is 0 Å². The van der Waals surface area contributed by atoms with Crippen LogP contribution in [0.5, 0.6) is 0 Å². The van der Waals surface area contributed by atoms with Gasteiger partial charge in [0, 0.05) is 16.8 Å². The van der Waals surface area contributed by atoms with Gasteiger partial charge in [0.05, 0.1) is 5.56 Å². The third-order valence-electron chi connectivity index (χ3n) is 5.43. The molecule has 0 spiro atoms. The predicted molar refractivity (Wildman–Crippen MR) is 136 cm³/mol. The van der Waals surface area contributed by atoms with Crippen LogP contribution in [0.25, 0.3) is 22.4 Å². The number of benzene rings is 3. The highest BCUT2D eigenvalue weighted by atomic mass is 19.4. The maximum atomic E-state index is 13.1. The number of aromatic nitrogens is 2. The Bertz CT molecular complexity index is 1610. The number of rotatable bonds is 5. The number of hydrazine groups is 1. The van der Waals surface area contributed by atoms with Crippen molar-refractivity contribution in [1.29, 1.82) is 5.26 Å². The topological polar surface area (TPSA) is 129 Å². The first kappa shape index (κ1) is 26.6. The fraction of sp³-hybridized carbons (Fsp3) is 0.0741. The summed E-state index contributed by atoms with van der Waals surface area (Å²) in [6.45, 7) is -0.660. The lowest BCUT2D eigenvalue weighted by Gasteiger charge is -2.15. The molecule has 0 bridgehead atoms. The summed E-state index contributed by atoms with van der Waals surface area (Å²) >= 11 is 0. The molecular formula is C27H19F3N6O3. The molecule has 0 atom stereocenters. The molecule has 1 heterocycles. The summed E-state index contributed by atoms with van der Waals surface area (Å²) in [6.07, 6.45) is -4.60. The van der Waals surface area contributed by atoms with E-state index in [0.29, 0.717) is 22.4 Å². The minimum absolute atomic E-state index is 0.155. The van der Waals surface area contributed by atoms with E-state index in [1.54, 1.807) is 60.7 Å². The van der Waals surface area contributed by atoms with Crippen molar-refractivity contribution in [2.24, 2.45) is 0 Å². The molecule has 0 aliphatic rings. The van der Waals surface area contributed by atoms with Gasteiger partial charge in [-0.15, -0.1) is 0 Å². The summed E-state index contributed by atoms with van der Waals surface area (Å²) in [4.78, 5) is 37.7. The Labute approximate surface area is 219 Å². The number of alkyl halides is 3. The number of nitrogens with one attached hydrogen (secondary N) is 3. The van der Waals surface area contributed by atoms with E-state index in [2.05, 4.69) is 15.8 Å². The highest BCUT2D eigenvalue weighted by Gasteiger charge is 2.30. The van der Waals surface area contributed by atoms with Crippen LogP contribution in [0, 0.1) is 11.3 Å². The lowest BCUT2D eigenvalue weighted by atomic mass is 9.96. The first-order valence-corrected chi connectivity index (χ1v) is 11.4. The summed E-state index contributed by atoms with van der Waals surface area (Å²) in [5, 5.41) is 16.4. The summed E-state index contributed by atoms with van der Waals surface area (Å²) in [5.41, 5.74) is 3.69. The molecule has 0 saturated carbocycles. The van der Waals surface area contributed by atoms with Crippen molar-refractivity contribution in [3.63, 3.8) is 0 Å². The van der Waals surface area contributed by atoms with Gasteiger partial charge < -0.3 is 5.32 Å². The lowest BCUT2D eigenvalue weighted by Crippen LogP contribution is -2.46. The maximum absolute atomic E-state index is 13.1. The van der Waals surface area contributed by atoms with Crippen molar-refractivity contribution in [2.45, 2.75) is 12.7 Å². The van der Waals surface area contributed by atoms with E-state index in [1.165, 1.54) is 6.07 Å². The number of hydrogen-bond acceptors (Lipinski definition) is 5. The molecule has 0 saturated heterocycles. The number of hydrogen-bond donors (Lipinski definition) is 3. The number of urea groups is 1. The molecule has 4 rings (SSSR count). The summed E-state index contributed by atoms with van der Waals surface area (Å²) in [7, 11) is 0. The van der Waals surface area contributed by atoms with Gasteiger partial charge in [0.2, 0.25) is 0 Å². The molecule has 1 aromatic heterocycles. The second-order valence-corrected chi connectivity index (χ2v) is 8.11. The zero-order valence-electron chi connectivity index (χ0n) is 20.0. The van der Waals surface area contributed by atoms with Gasteiger partial charge in [0.15, 0.2) is 0 Å². The average molecular weight is 532 g/mol. The second-order valence-electron chi connectivity index (χ2n) is 8.11. The number of anilines is 1. The third kappa shape index (κ3) is 6.28. The molecule has 39 heavy (non-hydrogen) atoms. The van der Waals surface area contributed by atoms with Gasteiger partial charge in [0.25, 0.3) is 11.5 Å². The van der Waals surface area contributed by atoms with Crippen molar-refractivity contribution in [2.75, 3.05) is 5.32 Å². The van der Waals surface area contributed by atoms with Gasteiger partial charge in [-0.25, -0.2) is 14.9 Å². The number of nitrogens with zero attached hydrogens (tertiary/aromatic N) is 3. The fourth-order valence-corrected chi connectivity index (χ4v) is 3.70. The number of amides is 3. The van der Waals surface area contributed by atoms with Crippen LogP contribution in [0.3, 0.4) is 0 Å². The van der Waals surface area contributed by atoms with E-state index < -0.39 is 35.8 Å². The van der Waals surface area contributed by atoms with Gasteiger partial charge in [-0.3, -0.25) is 15.0 Å². The number of nitriles is 1. The van der Waals surface area contributed by atoms with Crippen molar-refractivity contribution >= 4 is 17.6 Å². The van der Waals surface area contributed by atoms with E-state index in [1.807, 2.05) is 11.5 Å². The molecule has 12 heteroatoms. The number of halogens is 3. The van der Waals surface area contributed by atoms with Crippen LogP contribution in [-0.4, -0.2) is 21.7 Å². The summed E-state index contributed by atoms with van der Waals surface area (Å²) < 4.78 is 39.4. The van der Waals surface area contributed by atoms with Crippen molar-refractivity contribution < 1.29 is 22.8 Å². The van der Waals surface area contributed by atoms with Gasteiger partial charge in [-0.05, 0) is 23.8 Å². The van der Waals surface area contributed by atoms with Gasteiger partial charge in [0.1, 0.15) is 23.9 Å². The third-order valence-corrected chi connectivity index (χ3v) is 5.43. The molecular weight excluding hydrogens is 513 g/mol. The molecule has 3 aromatic carbocycles. The van der Waals surface area contributed by atoms with Crippen LogP contribution in [0.1, 0.15) is 11.1 Å². The number of carbonyl (C=O) groups is 2. The molecule has 3 N–H and O–H groups in total. The fourth-order valence-electron chi connectivity index (χ4n) is 3.70. The first-order valence-electron chi connectivity index (χ1n) is 11.4. The second kappa shape index (κ2) is 11.3. The molecule has 0 unspecified atom stereocenters. The zero-order chi connectivity index (χ0) is 28.0. The normalized spacial score (nSPS) is 10.8. The standard InChI is InChI=1S/C27H19F3N6O3/c28-27(29,30)19-12-7-13-20(14-19)32-26(39)34-33-22(37)16-36-25(38)21(15-31)23(17-8-3-1-4-9-17)24(35-36)18-10-5-2-6-11-18/h1-14H,16H2,(H,33,37)(H2,32,34,39). The van der Waals surface area contributed by atoms with Crippen LogP contribution in [0.4, 0.5) is 23.7 Å². The van der Waals surface area contributed by atoms with E-state index in [0.717, 1.165) is 22.9 Å². The van der Waals surface area contributed by atoms with Crippen molar-refractivity contribution in [1.82, 2.24) is 20.6 Å². The minimum Gasteiger partial charge on any atom is -0.307 e. The van der Waals surface area contributed by atoms with Gasteiger partial charge in [-0.2, -0.15) is 23.5 Å². The van der Waals surface area contributed by atoms with Crippen LogP contribution < -0.4 is 21.7 Å². The monoisotopic (exact) mass is 532 g/mol. The predicted octanol–water partition coefficient (Wildman–Crippen LogP) is 4.32. The number of carbonyl (C=O) groups excluding carboxylic acids is 2. The Hall–Kier alpha value is -5.44. The van der Waals surface area contributed by atoms with Gasteiger partial charge >= 0.3 is 12.2 Å². The van der Waals surface area contributed by atoms with Crippen molar-refractivity contribution in [3.8, 4) is 28.5 Å². The quantitative estimate of drug-likeness (QED) is 0.330. The highest BCUT2D eigenvalue weighted by Crippen LogP contribution is 2.32. The lowest BCUT2D eigenvalue weighted by molar-refractivity contribution is -0.137. The van der Waals surface area contributed by atoms with E-state index in [4.69, 9.17) is 0 Å². The van der Waals surface area contributed by atoms with E-state index in [-0.39, 0.29) is 11.3 Å². The molecule has 0 aliphatic heterocycles. The van der Waals surface area contributed by atoms with Gasteiger partial charge in [-0.1, -0.05) is 66.7 Å². The van der Waals surface area contributed by atoms with Crippen LogP contribution in [0.15, 0.2) is 89.7 Å². The Morgan fingerprint density at radius 2 is 1.54 bits per heavy atom. The average Bonchev–Trinajstić information content (AvgIpc) is 2.93.